The van der Waals surface area contributed by atoms with Crippen LogP contribution in [0.3, 0.4) is 0 Å². The first kappa shape index (κ1) is 15.8. The molecule has 4 nitrogen and oxygen atoms in total. The van der Waals surface area contributed by atoms with Gasteiger partial charge in [-0.2, -0.15) is 0 Å². The van der Waals surface area contributed by atoms with Crippen LogP contribution in [0.1, 0.15) is 72.7 Å². The highest BCUT2D eigenvalue weighted by atomic mass is 16.4. The van der Waals surface area contributed by atoms with E-state index in [2.05, 4.69) is 6.92 Å². The van der Waals surface area contributed by atoms with Crippen LogP contribution in [0.2, 0.25) is 0 Å². The molecular formula is C17H25NO3. The number of aromatic nitrogens is 1. The van der Waals surface area contributed by atoms with Crippen LogP contribution in [0, 0.1) is 11.8 Å². The molecule has 0 spiro atoms. The zero-order chi connectivity index (χ0) is 15.4. The molecule has 0 aromatic carbocycles. The number of nitrogens with zero attached hydrogens (tertiary/aromatic N) is 1. The summed E-state index contributed by atoms with van der Waals surface area (Å²) in [6, 6.07) is 1.51. The van der Waals surface area contributed by atoms with Gasteiger partial charge in [0.1, 0.15) is 5.69 Å². The van der Waals surface area contributed by atoms with E-state index in [1.54, 1.807) is 13.2 Å². The van der Waals surface area contributed by atoms with Crippen LogP contribution < -0.4 is 0 Å². The average molecular weight is 291 g/mol. The number of Topliss-reactive ketones (excluding diaryl/α,β-unsaturated/α-hetero) is 1. The van der Waals surface area contributed by atoms with Crippen molar-refractivity contribution in [3.63, 3.8) is 0 Å². The molecular weight excluding hydrogens is 266 g/mol. The predicted octanol–water partition coefficient (Wildman–Crippen LogP) is 3.90. The second-order valence-electron chi connectivity index (χ2n) is 6.25. The van der Waals surface area contributed by atoms with Crippen LogP contribution in [0.15, 0.2) is 12.3 Å². The fraction of sp³-hybridized carbons (Fsp3) is 0.647. The highest BCUT2D eigenvalue weighted by Crippen LogP contribution is 2.33. The molecule has 0 amide bonds. The Balaban J connectivity index is 1.96. The van der Waals surface area contributed by atoms with Crippen LogP contribution >= 0.6 is 0 Å². The highest BCUT2D eigenvalue weighted by Gasteiger charge is 2.28. The van der Waals surface area contributed by atoms with E-state index in [0.717, 1.165) is 31.6 Å². The van der Waals surface area contributed by atoms with Crippen LogP contribution in [0.25, 0.3) is 0 Å². The summed E-state index contributed by atoms with van der Waals surface area (Å²) in [5.41, 5.74) is 0.724. The molecule has 1 N–H and O–H groups in total. The fourth-order valence-corrected chi connectivity index (χ4v) is 3.35. The Kier molecular flexibility index (Phi) is 5.21. The van der Waals surface area contributed by atoms with Crippen molar-refractivity contribution in [2.24, 2.45) is 18.9 Å². The van der Waals surface area contributed by atoms with Crippen LogP contribution in [0.4, 0.5) is 0 Å². The Labute approximate surface area is 126 Å². The van der Waals surface area contributed by atoms with E-state index in [9.17, 15) is 9.59 Å². The number of hydrogen-bond acceptors (Lipinski definition) is 2. The summed E-state index contributed by atoms with van der Waals surface area (Å²) in [6.07, 6.45) is 9.62. The zero-order valence-corrected chi connectivity index (χ0v) is 13.0. The van der Waals surface area contributed by atoms with Gasteiger partial charge in [0.25, 0.3) is 0 Å². The van der Waals surface area contributed by atoms with Crippen molar-refractivity contribution in [1.29, 1.82) is 0 Å². The molecule has 0 unspecified atom stereocenters. The van der Waals surface area contributed by atoms with E-state index in [1.807, 2.05) is 0 Å². The minimum atomic E-state index is -0.986. The van der Waals surface area contributed by atoms with Crippen molar-refractivity contribution < 1.29 is 14.7 Å². The van der Waals surface area contributed by atoms with Gasteiger partial charge < -0.3 is 9.67 Å². The van der Waals surface area contributed by atoms with E-state index >= 15 is 0 Å². The van der Waals surface area contributed by atoms with Gasteiger partial charge in [-0.3, -0.25) is 4.79 Å². The molecule has 1 aliphatic carbocycles. The number of ketones is 1. The van der Waals surface area contributed by atoms with Crippen molar-refractivity contribution in [2.75, 3.05) is 0 Å². The van der Waals surface area contributed by atoms with E-state index in [1.165, 1.54) is 29.9 Å². The summed E-state index contributed by atoms with van der Waals surface area (Å²) >= 11 is 0. The molecule has 2 rings (SSSR count). The van der Waals surface area contributed by atoms with E-state index in [4.69, 9.17) is 5.11 Å². The second kappa shape index (κ2) is 6.92. The maximum Gasteiger partial charge on any atom is 0.352 e. The number of carbonyl (C=O) groups is 2. The number of rotatable bonds is 6. The second-order valence-corrected chi connectivity index (χ2v) is 6.25. The summed E-state index contributed by atoms with van der Waals surface area (Å²) in [5.74, 6) is -0.0156. The number of hydrogen-bond donors (Lipinski definition) is 1. The van der Waals surface area contributed by atoms with Gasteiger partial charge in [0.05, 0.1) is 0 Å². The van der Waals surface area contributed by atoms with Gasteiger partial charge in [0.2, 0.25) is 0 Å². The number of carbonyl (C=O) groups excluding carboxylic acids is 1. The molecule has 1 aromatic heterocycles. The molecule has 0 aliphatic heterocycles. The highest BCUT2D eigenvalue weighted by molar-refractivity contribution is 6.00. The van der Waals surface area contributed by atoms with Gasteiger partial charge in [-0.05, 0) is 37.7 Å². The lowest BCUT2D eigenvalue weighted by atomic mass is 9.77. The number of carboxylic acid groups (broad SMARTS) is 1. The maximum atomic E-state index is 12.5. The van der Waals surface area contributed by atoms with Crippen LogP contribution in [-0.4, -0.2) is 21.4 Å². The van der Waals surface area contributed by atoms with Crippen molar-refractivity contribution in [2.45, 2.75) is 51.9 Å². The lowest BCUT2D eigenvalue weighted by Gasteiger charge is -2.27. The summed E-state index contributed by atoms with van der Waals surface area (Å²) in [5, 5.41) is 9.06. The van der Waals surface area contributed by atoms with E-state index in [0.29, 0.717) is 5.56 Å². The normalized spacial score (nSPS) is 22.2. The van der Waals surface area contributed by atoms with Crippen LogP contribution in [-0.2, 0) is 7.05 Å². The summed E-state index contributed by atoms with van der Waals surface area (Å²) < 4.78 is 1.52. The molecule has 21 heavy (non-hydrogen) atoms. The van der Waals surface area contributed by atoms with Gasteiger partial charge in [-0.25, -0.2) is 4.79 Å². The summed E-state index contributed by atoms with van der Waals surface area (Å²) in [4.78, 5) is 23.5. The number of unbranched alkanes of at least 4 members (excludes halogenated alkanes) is 1. The largest absolute Gasteiger partial charge is 0.477 e. The molecule has 1 saturated carbocycles. The molecule has 1 heterocycles. The first-order chi connectivity index (χ1) is 10.0. The zero-order valence-electron chi connectivity index (χ0n) is 13.0. The SMILES string of the molecule is CCCCC1CCC(C(=O)c2cc(C(=O)O)n(C)c2)CC1. The first-order valence-electron chi connectivity index (χ1n) is 7.96. The fourth-order valence-electron chi connectivity index (χ4n) is 3.35. The van der Waals surface area contributed by atoms with Crippen molar-refractivity contribution in [3.05, 3.63) is 23.5 Å². The first-order valence-corrected chi connectivity index (χ1v) is 7.96. The topological polar surface area (TPSA) is 59.3 Å². The Morgan fingerprint density at radius 3 is 2.48 bits per heavy atom. The van der Waals surface area contributed by atoms with Gasteiger partial charge >= 0.3 is 5.97 Å². The third kappa shape index (κ3) is 3.74. The number of aromatic carboxylic acids is 1. The van der Waals surface area contributed by atoms with Gasteiger partial charge in [0.15, 0.2) is 5.78 Å². The Morgan fingerprint density at radius 2 is 1.95 bits per heavy atom. The molecule has 116 valence electrons. The van der Waals surface area contributed by atoms with E-state index in [-0.39, 0.29) is 17.4 Å². The molecule has 0 bridgehead atoms. The summed E-state index contributed by atoms with van der Waals surface area (Å²) in [7, 11) is 1.67. The van der Waals surface area contributed by atoms with Crippen molar-refractivity contribution in [3.8, 4) is 0 Å². The predicted molar refractivity (Wildman–Crippen MR) is 81.7 cm³/mol. The molecule has 1 fully saturated rings. The third-order valence-electron chi connectivity index (χ3n) is 4.69. The molecule has 1 aromatic rings. The summed E-state index contributed by atoms with van der Waals surface area (Å²) in [6.45, 7) is 2.21. The lowest BCUT2D eigenvalue weighted by Crippen LogP contribution is -2.21. The average Bonchev–Trinajstić information content (AvgIpc) is 2.87. The molecule has 0 atom stereocenters. The van der Waals surface area contributed by atoms with Gasteiger partial charge in [0, 0.05) is 24.7 Å². The van der Waals surface area contributed by atoms with Gasteiger partial charge in [-0.15, -0.1) is 0 Å². The molecule has 1 aliphatic rings. The van der Waals surface area contributed by atoms with Crippen LogP contribution in [0.5, 0.6) is 0 Å². The third-order valence-corrected chi connectivity index (χ3v) is 4.69. The lowest BCUT2D eigenvalue weighted by molar-refractivity contribution is 0.0686. The van der Waals surface area contributed by atoms with E-state index < -0.39 is 5.97 Å². The molecule has 4 heteroatoms. The van der Waals surface area contributed by atoms with Crippen molar-refractivity contribution in [1.82, 2.24) is 4.57 Å². The minimum absolute atomic E-state index is 0.0759. The van der Waals surface area contributed by atoms with Gasteiger partial charge in [-0.1, -0.05) is 26.2 Å². The number of aryl methyl sites for hydroxylation is 1. The maximum absolute atomic E-state index is 12.5. The molecule has 0 saturated heterocycles. The Morgan fingerprint density at radius 1 is 1.29 bits per heavy atom. The quantitative estimate of drug-likeness (QED) is 0.809. The molecule has 0 radical (unpaired) electrons. The Bertz CT molecular complexity index is 510. The Hall–Kier alpha value is -1.58. The smallest absolute Gasteiger partial charge is 0.352 e. The minimum Gasteiger partial charge on any atom is -0.477 e. The standard InChI is InChI=1S/C17H25NO3/c1-3-4-5-12-6-8-13(9-7-12)16(19)14-10-15(17(20)21)18(2)11-14/h10-13H,3-9H2,1-2H3,(H,20,21). The van der Waals surface area contributed by atoms with Crippen molar-refractivity contribution >= 4 is 11.8 Å². The number of carboxylic acids is 1. The monoisotopic (exact) mass is 291 g/mol.